The number of rotatable bonds is 4. The predicted molar refractivity (Wildman–Crippen MR) is 78.0 cm³/mol. The van der Waals surface area contributed by atoms with Crippen LogP contribution in [0.15, 0.2) is 18.2 Å². The maximum atomic E-state index is 13.0. The van der Waals surface area contributed by atoms with E-state index in [1.807, 2.05) is 0 Å². The molecule has 8 heteroatoms. The van der Waals surface area contributed by atoms with Gasteiger partial charge >= 0.3 is 18.3 Å². The lowest BCUT2D eigenvalue weighted by Crippen LogP contribution is -2.27. The van der Waals surface area contributed by atoms with Gasteiger partial charge in [0, 0.05) is 0 Å². The molecule has 2 rings (SSSR count). The number of aliphatic carboxylic acids is 1. The van der Waals surface area contributed by atoms with E-state index >= 15 is 0 Å². The minimum atomic E-state index is -4.90. The molecular formula is C17H18F6O2. The first-order chi connectivity index (χ1) is 11.4. The highest BCUT2D eigenvalue weighted by atomic mass is 19.4. The van der Waals surface area contributed by atoms with E-state index in [2.05, 4.69) is 0 Å². The number of alkyl halides is 6. The summed E-state index contributed by atoms with van der Waals surface area (Å²) in [7, 11) is 0. The van der Waals surface area contributed by atoms with Crippen LogP contribution in [-0.2, 0) is 17.1 Å². The van der Waals surface area contributed by atoms with Gasteiger partial charge in [-0.25, -0.2) is 0 Å². The van der Waals surface area contributed by atoms with Crippen LogP contribution in [0.3, 0.4) is 0 Å². The molecule has 1 aromatic rings. The van der Waals surface area contributed by atoms with Crippen LogP contribution in [0.1, 0.15) is 61.6 Å². The van der Waals surface area contributed by atoms with Crippen molar-refractivity contribution in [3.63, 3.8) is 0 Å². The van der Waals surface area contributed by atoms with E-state index in [0.717, 1.165) is 0 Å². The van der Waals surface area contributed by atoms with Crippen LogP contribution in [0.4, 0.5) is 26.3 Å². The Morgan fingerprint density at radius 2 is 1.64 bits per heavy atom. The van der Waals surface area contributed by atoms with Crippen molar-refractivity contribution in [3.8, 4) is 0 Å². The highest BCUT2D eigenvalue weighted by Crippen LogP contribution is 2.50. The van der Waals surface area contributed by atoms with Crippen molar-refractivity contribution >= 4 is 5.97 Å². The Bertz CT molecular complexity index is 617. The zero-order valence-corrected chi connectivity index (χ0v) is 13.5. The van der Waals surface area contributed by atoms with Crippen LogP contribution in [0, 0.1) is 5.41 Å². The quantitative estimate of drug-likeness (QED) is 0.676. The highest BCUT2D eigenvalue weighted by Gasteiger charge is 2.46. The standard InChI is InChI=1S/C17H18F6O2/c1-2-4-15(14(24)25)5-3-10(9-15)11-6-12(16(18,19)20)8-13(7-11)17(21,22)23/h6-8,10H,2-5,9H2,1H3,(H,24,25). The molecule has 1 aliphatic carbocycles. The second kappa shape index (κ2) is 6.53. The second-order valence-electron chi connectivity index (χ2n) is 6.61. The number of carboxylic acid groups (broad SMARTS) is 1. The average Bonchev–Trinajstić information content (AvgIpc) is 2.91. The molecule has 2 atom stereocenters. The normalized spacial score (nSPS) is 24.5. The van der Waals surface area contributed by atoms with Gasteiger partial charge in [-0.05, 0) is 55.4 Å². The molecule has 0 bridgehead atoms. The van der Waals surface area contributed by atoms with Gasteiger partial charge in [-0.3, -0.25) is 4.79 Å². The molecule has 25 heavy (non-hydrogen) atoms. The van der Waals surface area contributed by atoms with E-state index in [4.69, 9.17) is 0 Å². The number of hydrogen-bond donors (Lipinski definition) is 1. The van der Waals surface area contributed by atoms with Crippen molar-refractivity contribution in [2.75, 3.05) is 0 Å². The molecule has 2 nitrogen and oxygen atoms in total. The summed E-state index contributed by atoms with van der Waals surface area (Å²) in [6, 6.07) is 1.52. The predicted octanol–water partition coefficient (Wildman–Crippen LogP) is 5.86. The number of carboxylic acids is 1. The van der Waals surface area contributed by atoms with Gasteiger partial charge in [0.15, 0.2) is 0 Å². The molecule has 0 radical (unpaired) electrons. The largest absolute Gasteiger partial charge is 0.481 e. The molecule has 0 spiro atoms. The summed E-state index contributed by atoms with van der Waals surface area (Å²) in [5.74, 6) is -1.68. The molecule has 140 valence electrons. The lowest BCUT2D eigenvalue weighted by Gasteiger charge is -2.24. The molecule has 0 amide bonds. The maximum absolute atomic E-state index is 13.0. The van der Waals surface area contributed by atoms with Gasteiger partial charge in [0.05, 0.1) is 16.5 Å². The number of hydrogen-bond acceptors (Lipinski definition) is 1. The fraction of sp³-hybridized carbons (Fsp3) is 0.588. The second-order valence-corrected chi connectivity index (χ2v) is 6.61. The summed E-state index contributed by atoms with van der Waals surface area (Å²) < 4.78 is 77.8. The number of carbonyl (C=O) groups is 1. The lowest BCUT2D eigenvalue weighted by atomic mass is 9.80. The monoisotopic (exact) mass is 368 g/mol. The summed E-state index contributed by atoms with van der Waals surface area (Å²) in [5.41, 5.74) is -3.89. The van der Waals surface area contributed by atoms with Crippen LogP contribution in [-0.4, -0.2) is 11.1 Å². The molecule has 1 aromatic carbocycles. The van der Waals surface area contributed by atoms with Crippen LogP contribution >= 0.6 is 0 Å². The molecule has 0 heterocycles. The third-order valence-electron chi connectivity index (χ3n) is 4.87. The molecular weight excluding hydrogens is 350 g/mol. The van der Waals surface area contributed by atoms with Gasteiger partial charge in [-0.2, -0.15) is 26.3 Å². The summed E-state index contributed by atoms with van der Waals surface area (Å²) in [6.45, 7) is 1.80. The SMILES string of the molecule is CCCC1(C(=O)O)CCC(c2cc(C(F)(F)F)cc(C(F)(F)F)c2)C1. The van der Waals surface area contributed by atoms with Gasteiger partial charge in [0.1, 0.15) is 0 Å². The van der Waals surface area contributed by atoms with Crippen molar-refractivity contribution in [1.82, 2.24) is 0 Å². The fourth-order valence-corrected chi connectivity index (χ4v) is 3.63. The van der Waals surface area contributed by atoms with E-state index in [9.17, 15) is 36.2 Å². The highest BCUT2D eigenvalue weighted by molar-refractivity contribution is 5.75. The summed E-state index contributed by atoms with van der Waals surface area (Å²) >= 11 is 0. The minimum absolute atomic E-state index is 0.0504. The van der Waals surface area contributed by atoms with Crippen LogP contribution in [0.5, 0.6) is 0 Å². The molecule has 2 unspecified atom stereocenters. The van der Waals surface area contributed by atoms with Crippen molar-refractivity contribution in [2.24, 2.45) is 5.41 Å². The van der Waals surface area contributed by atoms with Crippen LogP contribution in [0.25, 0.3) is 0 Å². The van der Waals surface area contributed by atoms with Crippen LogP contribution < -0.4 is 0 Å². The van der Waals surface area contributed by atoms with Gasteiger partial charge < -0.3 is 5.11 Å². The van der Waals surface area contributed by atoms with Crippen molar-refractivity contribution in [3.05, 3.63) is 34.9 Å². The Labute approximate surface area is 140 Å². The first kappa shape index (κ1) is 19.6. The fourth-order valence-electron chi connectivity index (χ4n) is 3.63. The van der Waals surface area contributed by atoms with Crippen LogP contribution in [0.2, 0.25) is 0 Å². The van der Waals surface area contributed by atoms with Crippen molar-refractivity contribution in [2.45, 2.75) is 57.3 Å². The molecule has 0 saturated heterocycles. The third kappa shape index (κ3) is 4.10. The van der Waals surface area contributed by atoms with Gasteiger partial charge in [-0.15, -0.1) is 0 Å². The Hall–Kier alpha value is -1.73. The Morgan fingerprint density at radius 1 is 1.12 bits per heavy atom. The lowest BCUT2D eigenvalue weighted by molar-refractivity contribution is -0.149. The first-order valence-corrected chi connectivity index (χ1v) is 7.92. The maximum Gasteiger partial charge on any atom is 0.416 e. The summed E-state index contributed by atoms with van der Waals surface area (Å²) in [5, 5.41) is 9.47. The van der Waals surface area contributed by atoms with E-state index < -0.39 is 40.8 Å². The van der Waals surface area contributed by atoms with Gasteiger partial charge in [0.25, 0.3) is 0 Å². The summed E-state index contributed by atoms with van der Waals surface area (Å²) in [4.78, 5) is 11.6. The van der Waals surface area contributed by atoms with Crippen molar-refractivity contribution < 1.29 is 36.2 Å². The number of halogens is 6. The van der Waals surface area contributed by atoms with E-state index in [0.29, 0.717) is 25.0 Å². The van der Waals surface area contributed by atoms with Gasteiger partial charge in [0.2, 0.25) is 0 Å². The Balaban J connectivity index is 2.44. The average molecular weight is 368 g/mol. The smallest absolute Gasteiger partial charge is 0.416 e. The molecule has 1 N–H and O–H groups in total. The molecule has 0 aromatic heterocycles. The Kier molecular flexibility index (Phi) is 5.12. The van der Waals surface area contributed by atoms with E-state index in [1.165, 1.54) is 0 Å². The van der Waals surface area contributed by atoms with Gasteiger partial charge in [-0.1, -0.05) is 13.3 Å². The zero-order valence-electron chi connectivity index (χ0n) is 13.5. The van der Waals surface area contributed by atoms with E-state index in [-0.39, 0.29) is 30.9 Å². The van der Waals surface area contributed by atoms with E-state index in [1.54, 1.807) is 6.92 Å². The molecule has 1 saturated carbocycles. The molecule has 0 aliphatic heterocycles. The third-order valence-corrected chi connectivity index (χ3v) is 4.87. The molecule has 1 fully saturated rings. The topological polar surface area (TPSA) is 37.3 Å². The Morgan fingerprint density at radius 3 is 2.04 bits per heavy atom. The summed E-state index contributed by atoms with van der Waals surface area (Å²) in [6.07, 6.45) is -8.32. The van der Waals surface area contributed by atoms with Crippen molar-refractivity contribution in [1.29, 1.82) is 0 Å². The first-order valence-electron chi connectivity index (χ1n) is 7.92. The zero-order chi connectivity index (χ0) is 19.0. The minimum Gasteiger partial charge on any atom is -0.481 e. The molecule has 1 aliphatic rings. The number of benzene rings is 1.